The number of nitrogens with zero attached hydrogens (tertiary/aromatic N) is 2. The van der Waals surface area contributed by atoms with E-state index < -0.39 is 5.91 Å². The van der Waals surface area contributed by atoms with Crippen LogP contribution < -0.4 is 16.0 Å². The Kier molecular flexibility index (Phi) is 3.28. The highest BCUT2D eigenvalue weighted by Crippen LogP contribution is 2.15. The van der Waals surface area contributed by atoms with Crippen LogP contribution in [0.2, 0.25) is 0 Å². The first kappa shape index (κ1) is 11.9. The molecule has 1 aliphatic heterocycles. The van der Waals surface area contributed by atoms with E-state index in [1.165, 1.54) is 0 Å². The smallest absolute Gasteiger partial charge is 0.267 e. The molecule has 0 aromatic carbocycles. The molecule has 1 amide bonds. The maximum absolute atomic E-state index is 11.1. The number of pyridine rings is 1. The zero-order valence-electron chi connectivity index (χ0n) is 10.2. The minimum Gasteiger partial charge on any atom is -0.364 e. The molecule has 2 unspecified atom stereocenters. The predicted molar refractivity (Wildman–Crippen MR) is 67.0 cm³/mol. The highest BCUT2D eigenvalue weighted by Gasteiger charge is 2.22. The Labute approximate surface area is 101 Å². The number of rotatable bonds is 2. The van der Waals surface area contributed by atoms with Crippen LogP contribution in [0.4, 0.5) is 5.82 Å². The van der Waals surface area contributed by atoms with Gasteiger partial charge in [0, 0.05) is 25.2 Å². The molecular weight excluding hydrogens is 216 g/mol. The van der Waals surface area contributed by atoms with Crippen LogP contribution in [0.5, 0.6) is 0 Å². The average molecular weight is 234 g/mol. The third-order valence-electron chi connectivity index (χ3n) is 2.87. The molecule has 0 saturated carbocycles. The number of piperazine rings is 1. The molecule has 2 heterocycles. The second-order valence-electron chi connectivity index (χ2n) is 4.62. The van der Waals surface area contributed by atoms with Gasteiger partial charge in [0.15, 0.2) is 0 Å². The van der Waals surface area contributed by atoms with Gasteiger partial charge in [0.1, 0.15) is 11.5 Å². The molecule has 5 heteroatoms. The van der Waals surface area contributed by atoms with E-state index >= 15 is 0 Å². The lowest BCUT2D eigenvalue weighted by Gasteiger charge is -2.36. The molecule has 0 spiro atoms. The van der Waals surface area contributed by atoms with E-state index in [9.17, 15) is 4.79 Å². The number of aromatic nitrogens is 1. The average Bonchev–Trinajstić information content (AvgIpc) is 2.28. The second kappa shape index (κ2) is 4.71. The summed E-state index contributed by atoms with van der Waals surface area (Å²) in [5.41, 5.74) is 5.56. The van der Waals surface area contributed by atoms with Crippen LogP contribution in [0.1, 0.15) is 24.3 Å². The van der Waals surface area contributed by atoms with Gasteiger partial charge in [0.05, 0.1) is 0 Å². The summed E-state index contributed by atoms with van der Waals surface area (Å²) in [6.45, 7) is 6.06. The number of hydrogen-bond acceptors (Lipinski definition) is 4. The summed E-state index contributed by atoms with van der Waals surface area (Å²) in [6.07, 6.45) is 0. The normalized spacial score (nSPS) is 24.7. The van der Waals surface area contributed by atoms with Crippen molar-refractivity contribution in [2.45, 2.75) is 25.9 Å². The first-order valence-corrected chi connectivity index (χ1v) is 5.84. The summed E-state index contributed by atoms with van der Waals surface area (Å²) in [7, 11) is 0. The lowest BCUT2D eigenvalue weighted by atomic mass is 10.1. The van der Waals surface area contributed by atoms with Gasteiger partial charge in [-0.05, 0) is 26.0 Å². The van der Waals surface area contributed by atoms with Gasteiger partial charge in [-0.2, -0.15) is 0 Å². The maximum atomic E-state index is 11.1. The molecule has 17 heavy (non-hydrogen) atoms. The summed E-state index contributed by atoms with van der Waals surface area (Å²) in [5.74, 6) is 0.338. The van der Waals surface area contributed by atoms with E-state index in [1.54, 1.807) is 6.07 Å². The number of carbonyl (C=O) groups excluding carboxylic acids is 1. The van der Waals surface area contributed by atoms with E-state index in [-0.39, 0.29) is 0 Å². The van der Waals surface area contributed by atoms with Gasteiger partial charge < -0.3 is 16.0 Å². The lowest BCUT2D eigenvalue weighted by Crippen LogP contribution is -2.54. The summed E-state index contributed by atoms with van der Waals surface area (Å²) in [4.78, 5) is 17.6. The van der Waals surface area contributed by atoms with Gasteiger partial charge in [-0.15, -0.1) is 0 Å². The highest BCUT2D eigenvalue weighted by atomic mass is 16.1. The van der Waals surface area contributed by atoms with Gasteiger partial charge >= 0.3 is 0 Å². The first-order valence-electron chi connectivity index (χ1n) is 5.84. The maximum Gasteiger partial charge on any atom is 0.267 e. The van der Waals surface area contributed by atoms with E-state index in [2.05, 4.69) is 29.0 Å². The van der Waals surface area contributed by atoms with Gasteiger partial charge in [0.25, 0.3) is 5.91 Å². The largest absolute Gasteiger partial charge is 0.364 e. The topological polar surface area (TPSA) is 71.2 Å². The minimum atomic E-state index is -0.483. The zero-order valence-corrected chi connectivity index (χ0v) is 10.2. The molecule has 0 bridgehead atoms. The number of anilines is 1. The van der Waals surface area contributed by atoms with E-state index in [0.717, 1.165) is 18.9 Å². The SMILES string of the molecule is CC1CN(c2cccc(C(N)=O)n2)CC(C)N1. The highest BCUT2D eigenvalue weighted by molar-refractivity contribution is 5.91. The van der Waals surface area contributed by atoms with Crippen LogP contribution in [0.25, 0.3) is 0 Å². The third kappa shape index (κ3) is 2.74. The molecule has 1 fully saturated rings. The fraction of sp³-hybridized carbons (Fsp3) is 0.500. The summed E-state index contributed by atoms with van der Waals surface area (Å²) in [5, 5.41) is 3.46. The Hall–Kier alpha value is -1.62. The molecule has 1 aromatic rings. The zero-order chi connectivity index (χ0) is 12.4. The van der Waals surface area contributed by atoms with Crippen LogP contribution >= 0.6 is 0 Å². The van der Waals surface area contributed by atoms with Crippen molar-refractivity contribution < 1.29 is 4.79 Å². The Bertz CT molecular complexity index is 411. The molecule has 5 nitrogen and oxygen atoms in total. The second-order valence-corrected chi connectivity index (χ2v) is 4.62. The fourth-order valence-electron chi connectivity index (χ4n) is 2.25. The number of nitrogens with one attached hydrogen (secondary N) is 1. The molecule has 0 aliphatic carbocycles. The number of nitrogens with two attached hydrogens (primary N) is 1. The number of carbonyl (C=O) groups is 1. The Morgan fingerprint density at radius 1 is 1.41 bits per heavy atom. The lowest BCUT2D eigenvalue weighted by molar-refractivity contribution is 0.0995. The standard InChI is InChI=1S/C12H18N4O/c1-8-6-16(7-9(2)14-8)11-5-3-4-10(15-11)12(13)17/h3-5,8-9,14H,6-7H2,1-2H3,(H2,13,17). The summed E-state index contributed by atoms with van der Waals surface area (Å²) < 4.78 is 0. The van der Waals surface area contributed by atoms with Crippen molar-refractivity contribution in [3.05, 3.63) is 23.9 Å². The Balaban J connectivity index is 2.21. The first-order chi connectivity index (χ1) is 8.06. The van der Waals surface area contributed by atoms with Crippen molar-refractivity contribution in [2.75, 3.05) is 18.0 Å². The van der Waals surface area contributed by atoms with Crippen LogP contribution in [-0.4, -0.2) is 36.1 Å². The van der Waals surface area contributed by atoms with Gasteiger partial charge in [-0.1, -0.05) is 6.07 Å². The summed E-state index contributed by atoms with van der Waals surface area (Å²) >= 11 is 0. The molecule has 0 radical (unpaired) electrons. The van der Waals surface area contributed by atoms with Crippen molar-refractivity contribution in [3.63, 3.8) is 0 Å². The van der Waals surface area contributed by atoms with Gasteiger partial charge in [0.2, 0.25) is 0 Å². The Morgan fingerprint density at radius 3 is 2.65 bits per heavy atom. The van der Waals surface area contributed by atoms with E-state index in [0.29, 0.717) is 17.8 Å². The van der Waals surface area contributed by atoms with Crippen molar-refractivity contribution >= 4 is 11.7 Å². The molecule has 2 rings (SSSR count). The predicted octanol–water partition coefficient (Wildman–Crippen LogP) is 0.367. The van der Waals surface area contributed by atoms with Crippen LogP contribution in [0, 0.1) is 0 Å². The molecule has 92 valence electrons. The molecule has 1 aromatic heterocycles. The quantitative estimate of drug-likeness (QED) is 0.775. The monoisotopic (exact) mass is 234 g/mol. The van der Waals surface area contributed by atoms with E-state index in [1.807, 2.05) is 12.1 Å². The molecule has 1 aliphatic rings. The van der Waals surface area contributed by atoms with Crippen molar-refractivity contribution in [2.24, 2.45) is 5.73 Å². The van der Waals surface area contributed by atoms with Gasteiger partial charge in [-0.3, -0.25) is 4.79 Å². The van der Waals surface area contributed by atoms with Crippen LogP contribution in [-0.2, 0) is 0 Å². The van der Waals surface area contributed by atoms with Crippen molar-refractivity contribution in [1.29, 1.82) is 0 Å². The number of hydrogen-bond donors (Lipinski definition) is 2. The molecular formula is C12H18N4O. The number of amides is 1. The van der Waals surface area contributed by atoms with Crippen molar-refractivity contribution in [1.82, 2.24) is 10.3 Å². The van der Waals surface area contributed by atoms with Crippen LogP contribution in [0.3, 0.4) is 0 Å². The fourth-order valence-corrected chi connectivity index (χ4v) is 2.25. The van der Waals surface area contributed by atoms with Crippen molar-refractivity contribution in [3.8, 4) is 0 Å². The Morgan fingerprint density at radius 2 is 2.06 bits per heavy atom. The summed E-state index contributed by atoms with van der Waals surface area (Å²) in [6, 6.07) is 6.20. The van der Waals surface area contributed by atoms with Crippen LogP contribution in [0.15, 0.2) is 18.2 Å². The molecule has 2 atom stereocenters. The minimum absolute atomic E-state index is 0.321. The van der Waals surface area contributed by atoms with Gasteiger partial charge in [-0.25, -0.2) is 4.98 Å². The van der Waals surface area contributed by atoms with E-state index in [4.69, 9.17) is 5.73 Å². The molecule has 3 N–H and O–H groups in total. The number of primary amides is 1. The third-order valence-corrected chi connectivity index (χ3v) is 2.87. The molecule has 1 saturated heterocycles.